The molecule has 2 aromatic carbocycles. The second kappa shape index (κ2) is 8.47. The number of quaternary nitrogens is 1. The minimum Gasteiger partial charge on any atom is -1.00 e. The maximum atomic E-state index is 5.88. The van der Waals surface area contributed by atoms with E-state index in [1.807, 2.05) is 18.2 Å². The van der Waals surface area contributed by atoms with Crippen molar-refractivity contribution < 1.29 is 22.9 Å². The van der Waals surface area contributed by atoms with E-state index < -0.39 is 0 Å². The zero-order chi connectivity index (χ0) is 13.7. The molecular formula is C15H18ClNOS2. The molecule has 3 N–H and O–H groups in total. The first-order valence-electron chi connectivity index (χ1n) is 5.99. The van der Waals surface area contributed by atoms with Gasteiger partial charge in [-0.15, -0.1) is 23.5 Å². The standard InChI is InChI=1S/C15H17NOS2.ClH/c1-18-13-8-12(9-14(19-2)15(13)16)17-10-11-6-4-3-5-7-11;/h3-9H,10,16H2,1-2H3;1H. The van der Waals surface area contributed by atoms with Gasteiger partial charge in [0.25, 0.3) is 0 Å². The van der Waals surface area contributed by atoms with Crippen molar-refractivity contribution in [1.29, 1.82) is 0 Å². The van der Waals surface area contributed by atoms with Gasteiger partial charge in [0.05, 0.1) is 9.79 Å². The van der Waals surface area contributed by atoms with Crippen molar-refractivity contribution in [3.63, 3.8) is 0 Å². The molecule has 2 nitrogen and oxygen atoms in total. The molecule has 0 aromatic heterocycles. The predicted octanol–water partition coefficient (Wildman–Crippen LogP) is 0.587. The topological polar surface area (TPSA) is 36.9 Å². The maximum Gasteiger partial charge on any atom is 0.155 e. The number of ether oxygens (including phenoxy) is 1. The second-order valence-electron chi connectivity index (χ2n) is 4.08. The van der Waals surface area contributed by atoms with E-state index in [0.717, 1.165) is 11.4 Å². The van der Waals surface area contributed by atoms with Crippen LogP contribution in [0.15, 0.2) is 52.3 Å². The van der Waals surface area contributed by atoms with E-state index in [9.17, 15) is 0 Å². The van der Waals surface area contributed by atoms with Crippen LogP contribution in [0, 0.1) is 0 Å². The predicted molar refractivity (Wildman–Crippen MR) is 83.3 cm³/mol. The van der Waals surface area contributed by atoms with E-state index in [-0.39, 0.29) is 12.4 Å². The van der Waals surface area contributed by atoms with E-state index in [4.69, 9.17) is 4.74 Å². The van der Waals surface area contributed by atoms with Gasteiger partial charge in [0.1, 0.15) is 12.4 Å². The smallest absolute Gasteiger partial charge is 0.155 e. The third kappa shape index (κ3) is 4.35. The van der Waals surface area contributed by atoms with Crippen molar-refractivity contribution in [2.75, 3.05) is 12.5 Å². The Morgan fingerprint density at radius 1 is 1.00 bits per heavy atom. The minimum absolute atomic E-state index is 0. The second-order valence-corrected chi connectivity index (χ2v) is 5.78. The van der Waals surface area contributed by atoms with Crippen LogP contribution < -0.4 is 22.9 Å². The first-order valence-corrected chi connectivity index (χ1v) is 8.44. The Balaban J connectivity index is 0.00000200. The molecule has 0 fully saturated rings. The number of thioether (sulfide) groups is 2. The van der Waals surface area contributed by atoms with E-state index in [2.05, 4.69) is 42.5 Å². The molecule has 108 valence electrons. The van der Waals surface area contributed by atoms with Crippen LogP contribution in [-0.4, -0.2) is 12.5 Å². The Labute approximate surface area is 134 Å². The molecule has 0 aliphatic carbocycles. The quantitative estimate of drug-likeness (QED) is 0.817. The number of hydrogen-bond acceptors (Lipinski definition) is 3. The van der Waals surface area contributed by atoms with Crippen LogP contribution in [0.1, 0.15) is 5.56 Å². The zero-order valence-electron chi connectivity index (χ0n) is 11.6. The molecule has 5 heteroatoms. The number of rotatable bonds is 5. The molecule has 0 radical (unpaired) electrons. The lowest BCUT2D eigenvalue weighted by molar-refractivity contribution is -0.262. The van der Waals surface area contributed by atoms with E-state index >= 15 is 0 Å². The molecule has 0 saturated carbocycles. The van der Waals surface area contributed by atoms with Crippen molar-refractivity contribution in [2.24, 2.45) is 0 Å². The van der Waals surface area contributed by atoms with Crippen LogP contribution in [0.3, 0.4) is 0 Å². The van der Waals surface area contributed by atoms with E-state index in [1.165, 1.54) is 15.4 Å². The number of benzene rings is 2. The van der Waals surface area contributed by atoms with Crippen molar-refractivity contribution >= 4 is 29.2 Å². The molecule has 20 heavy (non-hydrogen) atoms. The normalized spacial score (nSPS) is 9.95. The highest BCUT2D eigenvalue weighted by atomic mass is 35.5. The van der Waals surface area contributed by atoms with Crippen LogP contribution >= 0.6 is 23.5 Å². The summed E-state index contributed by atoms with van der Waals surface area (Å²) < 4.78 is 5.88. The molecule has 0 bridgehead atoms. The van der Waals surface area contributed by atoms with Gasteiger partial charge in [-0.3, -0.25) is 0 Å². The fourth-order valence-electron chi connectivity index (χ4n) is 1.78. The fourth-order valence-corrected chi connectivity index (χ4v) is 3.03. The van der Waals surface area contributed by atoms with E-state index in [0.29, 0.717) is 6.61 Å². The molecule has 0 aliphatic heterocycles. The Kier molecular flexibility index (Phi) is 7.30. The lowest BCUT2D eigenvalue weighted by Crippen LogP contribution is -3.00. The molecule has 0 unspecified atom stereocenters. The van der Waals surface area contributed by atoms with Crippen molar-refractivity contribution in [3.05, 3.63) is 48.0 Å². The lowest BCUT2D eigenvalue weighted by Gasteiger charge is -2.10. The molecule has 0 atom stereocenters. The van der Waals surface area contributed by atoms with Gasteiger partial charge in [-0.1, -0.05) is 30.3 Å². The summed E-state index contributed by atoms with van der Waals surface area (Å²) in [6.45, 7) is 0.596. The zero-order valence-corrected chi connectivity index (χ0v) is 13.9. The lowest BCUT2D eigenvalue weighted by atomic mass is 10.2. The van der Waals surface area contributed by atoms with Gasteiger partial charge >= 0.3 is 0 Å². The van der Waals surface area contributed by atoms with Gasteiger partial charge in [-0.2, -0.15) is 0 Å². The summed E-state index contributed by atoms with van der Waals surface area (Å²) in [6, 6.07) is 14.3. The molecule has 2 rings (SSSR count). The summed E-state index contributed by atoms with van der Waals surface area (Å²) >= 11 is 3.41. The Bertz CT molecular complexity index is 524. The van der Waals surface area contributed by atoms with Crippen molar-refractivity contribution in [2.45, 2.75) is 16.4 Å². The van der Waals surface area contributed by atoms with Gasteiger partial charge in [-0.05, 0) is 30.2 Å². The molecule has 2 aromatic rings. The average molecular weight is 328 g/mol. The Morgan fingerprint density at radius 2 is 1.55 bits per heavy atom. The van der Waals surface area contributed by atoms with Crippen molar-refractivity contribution in [3.8, 4) is 5.75 Å². The van der Waals surface area contributed by atoms with Crippen LogP contribution in [0.2, 0.25) is 0 Å². The molecular weight excluding hydrogens is 310 g/mol. The maximum absolute atomic E-state index is 5.88. The van der Waals surface area contributed by atoms with Gasteiger partial charge in [0.15, 0.2) is 5.69 Å². The number of hydrogen-bond donors (Lipinski definition) is 1. The molecule has 0 amide bonds. The Hall–Kier alpha value is -0.810. The van der Waals surface area contributed by atoms with Crippen LogP contribution in [-0.2, 0) is 6.61 Å². The first kappa shape index (κ1) is 17.2. The van der Waals surface area contributed by atoms with Crippen molar-refractivity contribution in [1.82, 2.24) is 0 Å². The summed E-state index contributed by atoms with van der Waals surface area (Å²) in [4.78, 5) is 2.35. The highest BCUT2D eigenvalue weighted by Gasteiger charge is 2.11. The van der Waals surface area contributed by atoms with Crippen LogP contribution in [0.5, 0.6) is 5.75 Å². The minimum atomic E-state index is 0. The molecule has 0 aliphatic rings. The SMILES string of the molecule is CSc1cc(OCc2ccccc2)cc(SC)c1[NH3+].[Cl-]. The summed E-state index contributed by atoms with van der Waals surface area (Å²) in [5.74, 6) is 0.907. The first-order chi connectivity index (χ1) is 9.24. The van der Waals surface area contributed by atoms with Crippen LogP contribution in [0.4, 0.5) is 5.69 Å². The summed E-state index contributed by atoms with van der Waals surface area (Å²) in [7, 11) is 0. The largest absolute Gasteiger partial charge is 1.00 e. The van der Waals surface area contributed by atoms with Gasteiger partial charge in [-0.25, -0.2) is 0 Å². The highest BCUT2D eigenvalue weighted by molar-refractivity contribution is 7.99. The summed E-state index contributed by atoms with van der Waals surface area (Å²) in [5.41, 5.74) is 6.39. The monoisotopic (exact) mass is 327 g/mol. The fraction of sp³-hybridized carbons (Fsp3) is 0.200. The molecule has 0 heterocycles. The molecule has 0 spiro atoms. The summed E-state index contributed by atoms with van der Waals surface area (Å²) in [5, 5.41) is 0. The van der Waals surface area contributed by atoms with Gasteiger partial charge in [0, 0.05) is 0 Å². The third-order valence-corrected chi connectivity index (χ3v) is 4.44. The average Bonchev–Trinajstić information content (AvgIpc) is 2.47. The van der Waals surface area contributed by atoms with Gasteiger partial charge < -0.3 is 22.9 Å². The number of halogens is 1. The highest BCUT2D eigenvalue weighted by Crippen LogP contribution is 2.35. The van der Waals surface area contributed by atoms with Crippen LogP contribution in [0.25, 0.3) is 0 Å². The molecule has 0 saturated heterocycles. The third-order valence-electron chi connectivity index (χ3n) is 2.83. The Morgan fingerprint density at radius 3 is 2.05 bits per heavy atom. The van der Waals surface area contributed by atoms with Gasteiger partial charge in [0.2, 0.25) is 0 Å². The van der Waals surface area contributed by atoms with E-state index in [1.54, 1.807) is 23.5 Å². The summed E-state index contributed by atoms with van der Waals surface area (Å²) in [6.07, 6.45) is 4.13.